The molecule has 0 saturated heterocycles. The maximum Gasteiger partial charge on any atom is 0.163 e. The maximum atomic E-state index is 12.4. The molecule has 0 heterocycles. The molecule has 0 aliphatic heterocycles. The minimum Gasteiger partial charge on any atom is -0.294 e. The second-order valence-electron chi connectivity index (χ2n) is 5.27. The second kappa shape index (κ2) is 8.14. The Bertz CT molecular complexity index is 590. The number of unbranched alkanes of at least 4 members (excludes halogenated alkanes) is 2. The first-order valence-electron chi connectivity index (χ1n) is 7.48. The molecule has 0 bridgehead atoms. The van der Waals surface area contributed by atoms with Crippen molar-refractivity contribution in [3.63, 3.8) is 0 Å². The molecule has 0 atom stereocenters. The van der Waals surface area contributed by atoms with E-state index in [2.05, 4.69) is 34.1 Å². The van der Waals surface area contributed by atoms with Gasteiger partial charge >= 0.3 is 0 Å². The van der Waals surface area contributed by atoms with Crippen molar-refractivity contribution in [1.29, 1.82) is 0 Å². The lowest BCUT2D eigenvalue weighted by Crippen LogP contribution is -2.03. The number of ketones is 1. The first-order chi connectivity index (χ1) is 10.2. The van der Waals surface area contributed by atoms with E-state index >= 15 is 0 Å². The zero-order valence-electron chi connectivity index (χ0n) is 12.4. The predicted octanol–water partition coefficient (Wildman–Crippen LogP) is 5.80. The number of halogens is 1. The Kier molecular flexibility index (Phi) is 6.19. The molecule has 0 aliphatic carbocycles. The fourth-order valence-corrected chi connectivity index (χ4v) is 2.96. The first-order valence-corrected chi connectivity index (χ1v) is 8.60. The zero-order chi connectivity index (χ0) is 15.1. The van der Waals surface area contributed by atoms with Crippen LogP contribution in [0.4, 0.5) is 0 Å². The highest BCUT2D eigenvalue weighted by atomic mass is 79.9. The number of Topliss-reactive ketones (excluding diaryl/α,β-unsaturated/α-hetero) is 1. The monoisotopic (exact) mass is 344 g/mol. The van der Waals surface area contributed by atoms with Gasteiger partial charge in [-0.05, 0) is 36.5 Å². The number of carbonyl (C=O) groups is 1. The Labute approximate surface area is 135 Å². The molecule has 0 fully saturated rings. The van der Waals surface area contributed by atoms with Gasteiger partial charge in [0.2, 0.25) is 0 Å². The van der Waals surface area contributed by atoms with E-state index in [1.54, 1.807) is 0 Å². The van der Waals surface area contributed by atoms with Crippen LogP contribution in [0.15, 0.2) is 48.5 Å². The van der Waals surface area contributed by atoms with Crippen molar-refractivity contribution in [2.24, 2.45) is 0 Å². The highest BCUT2D eigenvalue weighted by Gasteiger charge is 2.12. The Morgan fingerprint density at radius 1 is 0.952 bits per heavy atom. The average molecular weight is 345 g/mol. The molecule has 0 amide bonds. The van der Waals surface area contributed by atoms with E-state index in [9.17, 15) is 4.79 Å². The smallest absolute Gasteiger partial charge is 0.163 e. The van der Waals surface area contributed by atoms with Gasteiger partial charge in [0.1, 0.15) is 0 Å². The van der Waals surface area contributed by atoms with Crippen LogP contribution in [-0.2, 0) is 0 Å². The Morgan fingerprint density at radius 3 is 2.43 bits per heavy atom. The minimum atomic E-state index is 0.264. The minimum absolute atomic E-state index is 0.264. The number of rotatable bonds is 7. The van der Waals surface area contributed by atoms with E-state index in [4.69, 9.17) is 0 Å². The summed E-state index contributed by atoms with van der Waals surface area (Å²) in [5, 5.41) is 1.02. The summed E-state index contributed by atoms with van der Waals surface area (Å²) in [5.41, 5.74) is 4.29. The van der Waals surface area contributed by atoms with Crippen LogP contribution in [0.1, 0.15) is 41.6 Å². The van der Waals surface area contributed by atoms with E-state index < -0.39 is 0 Å². The van der Waals surface area contributed by atoms with Crippen molar-refractivity contribution < 1.29 is 4.79 Å². The van der Waals surface area contributed by atoms with Crippen molar-refractivity contribution in [3.8, 4) is 11.1 Å². The lowest BCUT2D eigenvalue weighted by atomic mass is 9.93. The molecule has 2 aromatic carbocycles. The molecule has 2 heteroatoms. The summed E-state index contributed by atoms with van der Waals surface area (Å²) in [7, 11) is 0. The van der Waals surface area contributed by atoms with Gasteiger partial charge in [-0.25, -0.2) is 0 Å². The normalized spacial score (nSPS) is 10.6. The van der Waals surface area contributed by atoms with Crippen molar-refractivity contribution in [2.45, 2.75) is 32.6 Å². The third-order valence-electron chi connectivity index (χ3n) is 3.76. The molecule has 110 valence electrons. The van der Waals surface area contributed by atoms with Gasteiger partial charge in [-0.1, -0.05) is 70.9 Å². The number of carbonyl (C=O) groups excluding carboxylic acids is 1. The van der Waals surface area contributed by atoms with Crippen molar-refractivity contribution >= 4 is 21.7 Å². The van der Waals surface area contributed by atoms with Crippen LogP contribution in [0.3, 0.4) is 0 Å². The summed E-state index contributed by atoms with van der Waals surface area (Å²) < 4.78 is 0. The van der Waals surface area contributed by atoms with Crippen LogP contribution in [0.5, 0.6) is 0 Å². The van der Waals surface area contributed by atoms with Gasteiger partial charge in [0.15, 0.2) is 5.78 Å². The SMILES string of the molecule is Cc1c(C(=O)CCCCCBr)cccc1-c1ccccc1. The van der Waals surface area contributed by atoms with Gasteiger partial charge in [0.05, 0.1) is 0 Å². The van der Waals surface area contributed by atoms with Gasteiger partial charge in [-0.15, -0.1) is 0 Å². The molecule has 1 nitrogen and oxygen atoms in total. The second-order valence-corrected chi connectivity index (χ2v) is 6.06. The summed E-state index contributed by atoms with van der Waals surface area (Å²) in [6, 6.07) is 16.3. The molecular formula is C19H21BrO. The number of alkyl halides is 1. The molecular weight excluding hydrogens is 324 g/mol. The summed E-state index contributed by atoms with van der Waals surface area (Å²) >= 11 is 3.42. The predicted molar refractivity (Wildman–Crippen MR) is 93.2 cm³/mol. The Morgan fingerprint density at radius 2 is 1.71 bits per heavy atom. The van der Waals surface area contributed by atoms with Gasteiger partial charge < -0.3 is 0 Å². The highest BCUT2D eigenvalue weighted by molar-refractivity contribution is 9.09. The van der Waals surface area contributed by atoms with Gasteiger partial charge in [0, 0.05) is 17.3 Å². The van der Waals surface area contributed by atoms with Crippen LogP contribution in [0, 0.1) is 6.92 Å². The van der Waals surface area contributed by atoms with Crippen LogP contribution in [0.2, 0.25) is 0 Å². The summed E-state index contributed by atoms with van der Waals surface area (Å²) in [4.78, 5) is 12.4. The molecule has 0 saturated carbocycles. The average Bonchev–Trinajstić information content (AvgIpc) is 2.52. The number of hydrogen-bond acceptors (Lipinski definition) is 1. The van der Waals surface area contributed by atoms with Crippen molar-refractivity contribution in [1.82, 2.24) is 0 Å². The lowest BCUT2D eigenvalue weighted by molar-refractivity contribution is 0.0979. The van der Waals surface area contributed by atoms with E-state index in [0.717, 1.165) is 41.3 Å². The summed E-state index contributed by atoms with van der Waals surface area (Å²) in [6.07, 6.45) is 3.86. The van der Waals surface area contributed by atoms with E-state index in [-0.39, 0.29) is 5.78 Å². The van der Waals surface area contributed by atoms with Crippen LogP contribution in [-0.4, -0.2) is 11.1 Å². The van der Waals surface area contributed by atoms with Crippen LogP contribution < -0.4 is 0 Å². The van der Waals surface area contributed by atoms with Gasteiger partial charge in [-0.2, -0.15) is 0 Å². The zero-order valence-corrected chi connectivity index (χ0v) is 14.0. The Hall–Kier alpha value is -1.41. The Balaban J connectivity index is 2.16. The molecule has 0 radical (unpaired) electrons. The topological polar surface area (TPSA) is 17.1 Å². The third kappa shape index (κ3) is 4.28. The standard InChI is InChI=1S/C19H21BrO/c1-15-17(16-9-4-2-5-10-16)11-8-12-18(15)19(21)13-6-3-7-14-20/h2,4-5,8-12H,3,6-7,13-14H2,1H3. The lowest BCUT2D eigenvalue weighted by Gasteiger charge is -2.11. The molecule has 0 unspecified atom stereocenters. The van der Waals surface area contributed by atoms with Crippen LogP contribution in [0.25, 0.3) is 11.1 Å². The molecule has 0 spiro atoms. The fourth-order valence-electron chi connectivity index (χ4n) is 2.56. The molecule has 2 rings (SSSR count). The molecule has 0 aromatic heterocycles. The number of benzene rings is 2. The van der Waals surface area contributed by atoms with Crippen LogP contribution >= 0.6 is 15.9 Å². The first kappa shape index (κ1) is 16.0. The van der Waals surface area contributed by atoms with Gasteiger partial charge in [0.25, 0.3) is 0 Å². The largest absolute Gasteiger partial charge is 0.294 e. The molecule has 21 heavy (non-hydrogen) atoms. The summed E-state index contributed by atoms with van der Waals surface area (Å²) in [5.74, 6) is 0.264. The third-order valence-corrected chi connectivity index (χ3v) is 4.32. The molecule has 2 aromatic rings. The van der Waals surface area contributed by atoms with Gasteiger partial charge in [-0.3, -0.25) is 4.79 Å². The number of hydrogen-bond donors (Lipinski definition) is 0. The molecule has 0 aliphatic rings. The highest BCUT2D eigenvalue weighted by Crippen LogP contribution is 2.26. The maximum absolute atomic E-state index is 12.4. The molecule has 0 N–H and O–H groups in total. The van der Waals surface area contributed by atoms with E-state index in [1.165, 1.54) is 5.56 Å². The van der Waals surface area contributed by atoms with Crippen molar-refractivity contribution in [2.75, 3.05) is 5.33 Å². The summed E-state index contributed by atoms with van der Waals surface area (Å²) in [6.45, 7) is 2.05. The van der Waals surface area contributed by atoms with E-state index in [0.29, 0.717) is 6.42 Å². The van der Waals surface area contributed by atoms with Crippen molar-refractivity contribution in [3.05, 3.63) is 59.7 Å². The quantitative estimate of drug-likeness (QED) is 0.352. The fraction of sp³-hybridized carbons (Fsp3) is 0.316. The van der Waals surface area contributed by atoms with E-state index in [1.807, 2.05) is 37.3 Å².